The van der Waals surface area contributed by atoms with Crippen molar-refractivity contribution in [3.8, 4) is 0 Å². The molecule has 0 radical (unpaired) electrons. The number of hydrogen-bond acceptors (Lipinski definition) is 2. The van der Waals surface area contributed by atoms with Crippen LogP contribution in [0.1, 0.15) is 29.5 Å². The molecule has 0 aliphatic carbocycles. The van der Waals surface area contributed by atoms with Gasteiger partial charge in [0.2, 0.25) is 0 Å². The van der Waals surface area contributed by atoms with Crippen LogP contribution in [0.15, 0.2) is 107 Å². The molecule has 0 unspecified atom stereocenters. The molecule has 0 atom stereocenters. The van der Waals surface area contributed by atoms with Crippen LogP contribution in [-0.2, 0) is 15.1 Å². The van der Waals surface area contributed by atoms with E-state index in [0.717, 1.165) is 34.2 Å². The third-order valence-electron chi connectivity index (χ3n) is 5.84. The van der Waals surface area contributed by atoms with E-state index in [0.29, 0.717) is 13.2 Å². The molecule has 2 aliphatic rings. The summed E-state index contributed by atoms with van der Waals surface area (Å²) in [5.74, 6) is 0.929. The second-order valence-electron chi connectivity index (χ2n) is 7.61. The number of hydrogen-bond donors (Lipinski definition) is 0. The molecule has 0 aromatic heterocycles. The molecule has 2 nitrogen and oxygen atoms in total. The van der Waals surface area contributed by atoms with Crippen LogP contribution in [-0.4, -0.2) is 13.2 Å². The Morgan fingerprint density at radius 3 is 2.03 bits per heavy atom. The molecule has 0 saturated carbocycles. The predicted molar refractivity (Wildman–Crippen MR) is 124 cm³/mol. The van der Waals surface area contributed by atoms with E-state index in [1.807, 2.05) is 12.1 Å². The minimum Gasteiger partial charge on any atom is -0.494 e. The van der Waals surface area contributed by atoms with Crippen LogP contribution in [0, 0.1) is 0 Å². The maximum Gasteiger partial charge on any atom is 0.176 e. The Hall–Kier alpha value is -2.62. The Kier molecular flexibility index (Phi) is 5.32. The third kappa shape index (κ3) is 3.32. The second-order valence-corrected chi connectivity index (χ2v) is 8.52. The lowest BCUT2D eigenvalue weighted by Gasteiger charge is -2.38. The molecule has 0 N–H and O–H groups in total. The lowest BCUT2D eigenvalue weighted by Crippen LogP contribution is -2.36. The first-order valence-corrected chi connectivity index (χ1v) is 11.2. The highest BCUT2D eigenvalue weighted by Crippen LogP contribution is 2.48. The van der Waals surface area contributed by atoms with Gasteiger partial charge in [0.25, 0.3) is 0 Å². The van der Waals surface area contributed by atoms with Gasteiger partial charge in [0.05, 0.1) is 13.2 Å². The number of halogens is 1. The molecule has 2 aliphatic heterocycles. The fourth-order valence-corrected chi connectivity index (χ4v) is 4.76. The van der Waals surface area contributed by atoms with Crippen molar-refractivity contribution in [1.29, 1.82) is 0 Å². The Morgan fingerprint density at radius 1 is 0.767 bits per heavy atom. The van der Waals surface area contributed by atoms with Crippen LogP contribution in [0.2, 0.25) is 0 Å². The topological polar surface area (TPSA) is 18.5 Å². The Balaban J connectivity index is 1.76. The van der Waals surface area contributed by atoms with Gasteiger partial charge in [-0.1, -0.05) is 94.8 Å². The molecule has 3 aromatic rings. The average molecular weight is 459 g/mol. The van der Waals surface area contributed by atoms with Crippen molar-refractivity contribution in [2.75, 3.05) is 13.2 Å². The van der Waals surface area contributed by atoms with Crippen molar-refractivity contribution in [2.24, 2.45) is 0 Å². The van der Waals surface area contributed by atoms with E-state index >= 15 is 0 Å². The lowest BCUT2D eigenvalue weighted by molar-refractivity contribution is -0.0234. The van der Waals surface area contributed by atoms with Crippen molar-refractivity contribution in [1.82, 2.24) is 0 Å². The summed E-state index contributed by atoms with van der Waals surface area (Å²) in [6, 6.07) is 29.4. The van der Waals surface area contributed by atoms with Crippen LogP contribution in [0.4, 0.5) is 0 Å². The summed E-state index contributed by atoms with van der Waals surface area (Å²) >= 11 is 3.55. The van der Waals surface area contributed by atoms with E-state index in [4.69, 9.17) is 9.47 Å². The fraction of sp³-hybridized carbons (Fsp3) is 0.185. The summed E-state index contributed by atoms with van der Waals surface area (Å²) in [4.78, 5) is 0. The number of rotatable bonds is 3. The molecule has 30 heavy (non-hydrogen) atoms. The van der Waals surface area contributed by atoms with Crippen molar-refractivity contribution in [2.45, 2.75) is 18.4 Å². The fourth-order valence-electron chi connectivity index (χ4n) is 4.50. The van der Waals surface area contributed by atoms with Crippen molar-refractivity contribution in [3.63, 3.8) is 0 Å². The van der Waals surface area contributed by atoms with Gasteiger partial charge >= 0.3 is 0 Å². The lowest BCUT2D eigenvalue weighted by atomic mass is 9.79. The minimum atomic E-state index is -0.758. The monoisotopic (exact) mass is 458 g/mol. The largest absolute Gasteiger partial charge is 0.494 e. The predicted octanol–water partition coefficient (Wildman–Crippen LogP) is 6.87. The standard InChI is InChI=1S/C27H23BrO2/c28-23-15-13-20(14-16-23)24-17-19-30-27(21-8-3-1-4-9-21,22-10-5-2-6-11-22)26-25(24)12-7-18-29-26/h1-6,8-11,13-17H,7,12,18-19H2. The van der Waals surface area contributed by atoms with Crippen molar-refractivity contribution < 1.29 is 9.47 Å². The Morgan fingerprint density at radius 2 is 1.40 bits per heavy atom. The van der Waals surface area contributed by atoms with Gasteiger partial charge < -0.3 is 9.47 Å². The second kappa shape index (κ2) is 8.25. The number of benzene rings is 3. The molecule has 0 fully saturated rings. The first-order valence-electron chi connectivity index (χ1n) is 10.4. The smallest absolute Gasteiger partial charge is 0.176 e. The molecular weight excluding hydrogens is 436 g/mol. The van der Waals surface area contributed by atoms with E-state index in [2.05, 4.69) is 94.8 Å². The first kappa shape index (κ1) is 19.3. The Labute approximate surface area is 186 Å². The molecule has 3 aromatic carbocycles. The number of ether oxygens (including phenoxy) is 2. The van der Waals surface area contributed by atoms with Crippen LogP contribution < -0.4 is 0 Å². The van der Waals surface area contributed by atoms with Gasteiger partial charge in [-0.05, 0) is 47.2 Å². The maximum absolute atomic E-state index is 6.74. The molecule has 2 heterocycles. The molecule has 3 heteroatoms. The third-order valence-corrected chi connectivity index (χ3v) is 6.37. The molecule has 150 valence electrons. The van der Waals surface area contributed by atoms with E-state index in [1.54, 1.807) is 0 Å². The highest BCUT2D eigenvalue weighted by molar-refractivity contribution is 9.10. The minimum absolute atomic E-state index is 0.506. The molecule has 0 bridgehead atoms. The van der Waals surface area contributed by atoms with E-state index in [9.17, 15) is 0 Å². The molecule has 0 saturated heterocycles. The van der Waals surface area contributed by atoms with Gasteiger partial charge in [0.1, 0.15) is 5.76 Å². The first-order chi connectivity index (χ1) is 14.8. The summed E-state index contributed by atoms with van der Waals surface area (Å²) in [6.45, 7) is 1.21. The molecule has 5 rings (SSSR count). The summed E-state index contributed by atoms with van der Waals surface area (Å²) < 4.78 is 14.3. The summed E-state index contributed by atoms with van der Waals surface area (Å²) in [5.41, 5.74) is 5.08. The summed E-state index contributed by atoms with van der Waals surface area (Å²) in [7, 11) is 0. The highest BCUT2D eigenvalue weighted by Gasteiger charge is 2.45. The van der Waals surface area contributed by atoms with Crippen LogP contribution >= 0.6 is 15.9 Å². The molecule has 0 amide bonds. The molecule has 0 spiro atoms. The zero-order valence-corrected chi connectivity index (χ0v) is 18.3. The van der Waals surface area contributed by atoms with Crippen molar-refractivity contribution >= 4 is 21.5 Å². The molecular formula is C27H23BrO2. The van der Waals surface area contributed by atoms with Crippen LogP contribution in [0.3, 0.4) is 0 Å². The van der Waals surface area contributed by atoms with Gasteiger partial charge in [0.15, 0.2) is 5.60 Å². The normalized spacial score (nSPS) is 18.1. The van der Waals surface area contributed by atoms with Crippen LogP contribution in [0.5, 0.6) is 0 Å². The van der Waals surface area contributed by atoms with Gasteiger partial charge in [-0.25, -0.2) is 0 Å². The van der Waals surface area contributed by atoms with E-state index in [1.165, 1.54) is 16.7 Å². The quantitative estimate of drug-likeness (QED) is 0.426. The van der Waals surface area contributed by atoms with Gasteiger partial charge in [-0.15, -0.1) is 0 Å². The van der Waals surface area contributed by atoms with Gasteiger partial charge in [0, 0.05) is 10.0 Å². The SMILES string of the molecule is Brc1ccc(C2=CCOC(c3ccccc3)(c3ccccc3)C3=C2CCCO3)cc1. The van der Waals surface area contributed by atoms with Gasteiger partial charge in [-0.3, -0.25) is 0 Å². The zero-order valence-electron chi connectivity index (χ0n) is 16.7. The summed E-state index contributed by atoms with van der Waals surface area (Å²) in [5, 5.41) is 0. The maximum atomic E-state index is 6.74. The van der Waals surface area contributed by atoms with Gasteiger partial charge in [-0.2, -0.15) is 0 Å². The highest BCUT2D eigenvalue weighted by atomic mass is 79.9. The van der Waals surface area contributed by atoms with Crippen molar-refractivity contribution in [3.05, 3.63) is 124 Å². The van der Waals surface area contributed by atoms with E-state index in [-0.39, 0.29) is 0 Å². The van der Waals surface area contributed by atoms with E-state index < -0.39 is 5.60 Å². The average Bonchev–Trinajstić information content (AvgIpc) is 2.99. The zero-order chi connectivity index (χ0) is 20.4. The number of allylic oxidation sites excluding steroid dienone is 2. The van der Waals surface area contributed by atoms with Crippen LogP contribution in [0.25, 0.3) is 5.57 Å². The Bertz CT molecular complexity index is 1040. The summed E-state index contributed by atoms with van der Waals surface area (Å²) in [6.07, 6.45) is 4.19.